The van der Waals surface area contributed by atoms with Crippen LogP contribution >= 0.6 is 0 Å². The van der Waals surface area contributed by atoms with E-state index in [2.05, 4.69) is 19.1 Å². The number of rotatable bonds is 6. The summed E-state index contributed by atoms with van der Waals surface area (Å²) in [6.45, 7) is 4.66. The van der Waals surface area contributed by atoms with Gasteiger partial charge in [-0.1, -0.05) is 29.8 Å². The van der Waals surface area contributed by atoms with Crippen LogP contribution in [-0.2, 0) is 17.8 Å². The van der Waals surface area contributed by atoms with Crippen LogP contribution in [-0.4, -0.2) is 13.2 Å². The third-order valence-electron chi connectivity index (χ3n) is 3.20. The lowest BCUT2D eigenvalue weighted by molar-refractivity contribution is 0.184. The van der Waals surface area contributed by atoms with Gasteiger partial charge in [-0.25, -0.2) is 0 Å². The maximum Gasteiger partial charge on any atom is 0.130 e. The highest BCUT2D eigenvalue weighted by Gasteiger charge is 2.08. The fourth-order valence-corrected chi connectivity index (χ4v) is 2.31. The number of benzene rings is 2. The molecule has 0 heterocycles. The van der Waals surface area contributed by atoms with Crippen LogP contribution in [0.3, 0.4) is 0 Å². The van der Waals surface area contributed by atoms with E-state index in [0.29, 0.717) is 6.61 Å². The monoisotopic (exact) mass is 285 g/mol. The second kappa shape index (κ2) is 7.25. The molecule has 0 bridgehead atoms. The Morgan fingerprint density at radius 3 is 2.67 bits per heavy atom. The maximum absolute atomic E-state index is 6.04. The first-order valence-corrected chi connectivity index (χ1v) is 7.19. The van der Waals surface area contributed by atoms with E-state index in [1.54, 1.807) is 7.11 Å². The Morgan fingerprint density at radius 1 is 1.14 bits per heavy atom. The summed E-state index contributed by atoms with van der Waals surface area (Å²) in [6, 6.07) is 14.3. The summed E-state index contributed by atoms with van der Waals surface area (Å²) in [7, 11) is 1.69. The van der Waals surface area contributed by atoms with Crippen molar-refractivity contribution in [1.82, 2.24) is 0 Å². The first-order valence-electron chi connectivity index (χ1n) is 7.19. The largest absolute Gasteiger partial charge is 0.457 e. The number of hydrogen-bond acceptors (Lipinski definition) is 3. The maximum atomic E-state index is 6.04. The van der Waals surface area contributed by atoms with Gasteiger partial charge in [-0.15, -0.1) is 0 Å². The molecule has 0 aromatic heterocycles. The molecule has 2 N–H and O–H groups in total. The van der Waals surface area contributed by atoms with Gasteiger partial charge in [-0.3, -0.25) is 0 Å². The predicted octanol–water partition coefficient (Wildman–Crippen LogP) is 3.82. The highest BCUT2D eigenvalue weighted by Crippen LogP contribution is 2.27. The first kappa shape index (κ1) is 15.5. The van der Waals surface area contributed by atoms with Gasteiger partial charge in [0.2, 0.25) is 0 Å². The number of nitrogens with two attached hydrogens (primary N) is 1. The Kier molecular flexibility index (Phi) is 5.37. The Labute approximate surface area is 126 Å². The SMILES string of the molecule is COCc1cccc(Oc2ccc(C)cc2CC(C)N)c1. The van der Waals surface area contributed by atoms with E-state index < -0.39 is 0 Å². The molecule has 0 saturated heterocycles. The lowest BCUT2D eigenvalue weighted by Gasteiger charge is -2.14. The van der Waals surface area contributed by atoms with Crippen molar-refractivity contribution in [2.45, 2.75) is 32.9 Å². The molecule has 2 aromatic rings. The Hall–Kier alpha value is -1.84. The van der Waals surface area contributed by atoms with Crippen LogP contribution in [0.25, 0.3) is 0 Å². The van der Waals surface area contributed by atoms with Crippen molar-refractivity contribution in [2.75, 3.05) is 7.11 Å². The molecule has 0 radical (unpaired) electrons. The van der Waals surface area contributed by atoms with Crippen molar-refractivity contribution in [3.05, 3.63) is 59.2 Å². The summed E-state index contributed by atoms with van der Waals surface area (Å²) in [5.74, 6) is 1.69. The third kappa shape index (κ3) is 4.59. The van der Waals surface area contributed by atoms with Crippen molar-refractivity contribution in [3.63, 3.8) is 0 Å². The summed E-state index contributed by atoms with van der Waals surface area (Å²) in [5.41, 5.74) is 9.38. The molecule has 3 heteroatoms. The molecule has 1 atom stereocenters. The Bertz CT molecular complexity index is 594. The van der Waals surface area contributed by atoms with Gasteiger partial charge in [0, 0.05) is 13.2 Å². The summed E-state index contributed by atoms with van der Waals surface area (Å²) in [5, 5.41) is 0. The van der Waals surface area contributed by atoms with Crippen LogP contribution in [0.2, 0.25) is 0 Å². The molecular weight excluding hydrogens is 262 g/mol. The molecule has 21 heavy (non-hydrogen) atoms. The molecule has 2 rings (SSSR count). The lowest BCUT2D eigenvalue weighted by atomic mass is 10.0. The van der Waals surface area contributed by atoms with E-state index in [4.69, 9.17) is 15.2 Å². The summed E-state index contributed by atoms with van der Waals surface area (Å²) in [4.78, 5) is 0. The van der Waals surface area contributed by atoms with E-state index >= 15 is 0 Å². The van der Waals surface area contributed by atoms with Gasteiger partial charge in [-0.2, -0.15) is 0 Å². The number of ether oxygens (including phenoxy) is 2. The van der Waals surface area contributed by atoms with Gasteiger partial charge >= 0.3 is 0 Å². The minimum absolute atomic E-state index is 0.106. The molecular formula is C18H23NO2. The van der Waals surface area contributed by atoms with Crippen LogP contribution in [0, 0.1) is 6.92 Å². The molecule has 0 aliphatic carbocycles. The average Bonchev–Trinajstić information content (AvgIpc) is 2.42. The van der Waals surface area contributed by atoms with Crippen LogP contribution < -0.4 is 10.5 Å². The molecule has 0 spiro atoms. The third-order valence-corrected chi connectivity index (χ3v) is 3.20. The zero-order valence-electron chi connectivity index (χ0n) is 12.9. The summed E-state index contributed by atoms with van der Waals surface area (Å²) < 4.78 is 11.2. The van der Waals surface area contributed by atoms with E-state index in [9.17, 15) is 0 Å². The Morgan fingerprint density at radius 2 is 1.95 bits per heavy atom. The molecule has 3 nitrogen and oxygen atoms in total. The van der Waals surface area contributed by atoms with Crippen LogP contribution in [0.15, 0.2) is 42.5 Å². The molecule has 112 valence electrons. The van der Waals surface area contributed by atoms with E-state index in [0.717, 1.165) is 29.0 Å². The minimum Gasteiger partial charge on any atom is -0.457 e. The minimum atomic E-state index is 0.106. The molecule has 1 unspecified atom stereocenters. The zero-order valence-corrected chi connectivity index (χ0v) is 12.9. The van der Waals surface area contributed by atoms with Crippen LogP contribution in [0.5, 0.6) is 11.5 Å². The lowest BCUT2D eigenvalue weighted by Crippen LogP contribution is -2.18. The van der Waals surface area contributed by atoms with Crippen molar-refractivity contribution >= 4 is 0 Å². The smallest absolute Gasteiger partial charge is 0.130 e. The first-order chi connectivity index (χ1) is 10.1. The van der Waals surface area contributed by atoms with Gasteiger partial charge in [0.25, 0.3) is 0 Å². The zero-order chi connectivity index (χ0) is 15.2. The van der Waals surface area contributed by atoms with Crippen molar-refractivity contribution < 1.29 is 9.47 Å². The highest BCUT2D eigenvalue weighted by molar-refractivity contribution is 5.41. The number of hydrogen-bond donors (Lipinski definition) is 1. The van der Waals surface area contributed by atoms with Gasteiger partial charge in [0.05, 0.1) is 6.61 Å². The molecule has 0 fully saturated rings. The topological polar surface area (TPSA) is 44.5 Å². The highest BCUT2D eigenvalue weighted by atomic mass is 16.5. The van der Waals surface area contributed by atoms with E-state index in [1.165, 1.54) is 5.56 Å². The van der Waals surface area contributed by atoms with Gasteiger partial charge in [0.15, 0.2) is 0 Å². The molecule has 0 amide bonds. The standard InChI is InChI=1S/C18H23NO2/c1-13-7-8-18(16(9-13)10-14(2)19)21-17-6-4-5-15(11-17)12-20-3/h4-9,11,14H,10,12,19H2,1-3H3. The number of methoxy groups -OCH3 is 1. The van der Waals surface area contributed by atoms with E-state index in [1.807, 2.05) is 37.3 Å². The summed E-state index contributed by atoms with van der Waals surface area (Å²) in [6.07, 6.45) is 0.800. The van der Waals surface area contributed by atoms with Crippen molar-refractivity contribution in [3.8, 4) is 11.5 Å². The molecule has 0 aliphatic heterocycles. The number of aryl methyl sites for hydroxylation is 1. The van der Waals surface area contributed by atoms with Crippen LogP contribution in [0.4, 0.5) is 0 Å². The van der Waals surface area contributed by atoms with Crippen LogP contribution in [0.1, 0.15) is 23.6 Å². The molecule has 2 aromatic carbocycles. The normalized spacial score (nSPS) is 12.2. The second-order valence-electron chi connectivity index (χ2n) is 5.48. The van der Waals surface area contributed by atoms with E-state index in [-0.39, 0.29) is 6.04 Å². The Balaban J connectivity index is 2.24. The summed E-state index contributed by atoms with van der Waals surface area (Å²) >= 11 is 0. The van der Waals surface area contributed by atoms with Gasteiger partial charge < -0.3 is 15.2 Å². The molecule has 0 aliphatic rings. The molecule has 0 saturated carbocycles. The van der Waals surface area contributed by atoms with Crippen molar-refractivity contribution in [1.29, 1.82) is 0 Å². The van der Waals surface area contributed by atoms with Crippen molar-refractivity contribution in [2.24, 2.45) is 5.73 Å². The predicted molar refractivity (Wildman–Crippen MR) is 85.8 cm³/mol. The fourth-order valence-electron chi connectivity index (χ4n) is 2.31. The van der Waals surface area contributed by atoms with Gasteiger partial charge in [0.1, 0.15) is 11.5 Å². The quantitative estimate of drug-likeness (QED) is 0.877. The van der Waals surface area contributed by atoms with Gasteiger partial charge in [-0.05, 0) is 49.6 Å². The second-order valence-corrected chi connectivity index (χ2v) is 5.48. The average molecular weight is 285 g/mol. The fraction of sp³-hybridized carbons (Fsp3) is 0.333.